The molecule has 170 valence electrons. The summed E-state index contributed by atoms with van der Waals surface area (Å²) in [5.74, 6) is 0.974. The van der Waals surface area contributed by atoms with Gasteiger partial charge in [-0.3, -0.25) is 4.57 Å². The number of rotatable bonds is 5. The van der Waals surface area contributed by atoms with Crippen molar-refractivity contribution in [3.05, 3.63) is 75.7 Å². The summed E-state index contributed by atoms with van der Waals surface area (Å²) in [5, 5.41) is 9.48. The van der Waals surface area contributed by atoms with Crippen molar-refractivity contribution in [2.45, 2.75) is 25.7 Å². The van der Waals surface area contributed by atoms with Crippen LogP contribution in [0.25, 0.3) is 0 Å². The first-order chi connectivity index (χ1) is 15.7. The highest BCUT2D eigenvalue weighted by Gasteiger charge is 2.30. The zero-order valence-electron chi connectivity index (χ0n) is 17.6. The molecule has 10 heteroatoms. The van der Waals surface area contributed by atoms with Gasteiger partial charge in [0.2, 0.25) is 5.88 Å². The number of aromatic nitrogens is 2. The summed E-state index contributed by atoms with van der Waals surface area (Å²) in [5.41, 5.74) is -0.498. The Kier molecular flexibility index (Phi) is 5.96. The molecule has 0 fully saturated rings. The highest BCUT2D eigenvalue weighted by Crippen LogP contribution is 2.33. The van der Waals surface area contributed by atoms with E-state index in [1.807, 2.05) is 18.0 Å². The zero-order chi connectivity index (χ0) is 23.6. The van der Waals surface area contributed by atoms with Gasteiger partial charge >= 0.3 is 11.9 Å². The molecule has 1 aliphatic heterocycles. The molecule has 4 rings (SSSR count). The Morgan fingerprint density at radius 1 is 1.15 bits per heavy atom. The van der Waals surface area contributed by atoms with Gasteiger partial charge in [0.15, 0.2) is 0 Å². The van der Waals surface area contributed by atoms with Crippen molar-refractivity contribution in [3.8, 4) is 23.4 Å². The number of hydrogen-bond acceptors (Lipinski definition) is 6. The summed E-state index contributed by atoms with van der Waals surface area (Å²) >= 11 is 0. The molecule has 0 bridgehead atoms. The van der Waals surface area contributed by atoms with Gasteiger partial charge in [-0.1, -0.05) is 12.1 Å². The summed E-state index contributed by atoms with van der Waals surface area (Å²) in [7, 11) is 1.89. The van der Waals surface area contributed by atoms with Gasteiger partial charge in [0.25, 0.3) is 0 Å². The van der Waals surface area contributed by atoms with Crippen molar-refractivity contribution in [2.75, 3.05) is 18.5 Å². The zero-order valence-corrected chi connectivity index (χ0v) is 17.6. The SMILES string of the molecule is CN1CCCn2c1cc(OCc1ccc(Oc3cccc(C(F)(F)F)c3)c(C#N)c1)nc2=O. The van der Waals surface area contributed by atoms with Gasteiger partial charge in [-0.05, 0) is 42.3 Å². The number of anilines is 1. The van der Waals surface area contributed by atoms with Crippen LogP contribution in [0.15, 0.2) is 53.3 Å². The van der Waals surface area contributed by atoms with Crippen LogP contribution < -0.4 is 20.1 Å². The molecular formula is C23H19F3N4O3. The van der Waals surface area contributed by atoms with Crippen LogP contribution >= 0.6 is 0 Å². The fourth-order valence-corrected chi connectivity index (χ4v) is 3.52. The topological polar surface area (TPSA) is 80.4 Å². The summed E-state index contributed by atoms with van der Waals surface area (Å²) in [6, 6.07) is 12.7. The van der Waals surface area contributed by atoms with Gasteiger partial charge in [-0.2, -0.15) is 23.4 Å². The highest BCUT2D eigenvalue weighted by molar-refractivity contribution is 5.48. The summed E-state index contributed by atoms with van der Waals surface area (Å²) in [6.07, 6.45) is -3.64. The quantitative estimate of drug-likeness (QED) is 0.568. The predicted molar refractivity (Wildman–Crippen MR) is 113 cm³/mol. The minimum atomic E-state index is -4.50. The number of ether oxygens (including phenoxy) is 2. The molecule has 0 atom stereocenters. The van der Waals surface area contributed by atoms with E-state index in [1.54, 1.807) is 16.7 Å². The third kappa shape index (κ3) is 4.92. The van der Waals surface area contributed by atoms with E-state index in [-0.39, 0.29) is 29.5 Å². The predicted octanol–water partition coefficient (Wildman–Crippen LogP) is 4.34. The van der Waals surface area contributed by atoms with E-state index >= 15 is 0 Å². The van der Waals surface area contributed by atoms with E-state index in [9.17, 15) is 23.2 Å². The second-order valence-corrected chi connectivity index (χ2v) is 7.52. The number of benzene rings is 2. The second-order valence-electron chi connectivity index (χ2n) is 7.52. The maximum atomic E-state index is 12.9. The van der Waals surface area contributed by atoms with E-state index in [2.05, 4.69) is 4.98 Å². The average molecular weight is 456 g/mol. The van der Waals surface area contributed by atoms with Gasteiger partial charge < -0.3 is 14.4 Å². The fraction of sp³-hybridized carbons (Fsp3) is 0.261. The monoisotopic (exact) mass is 456 g/mol. The van der Waals surface area contributed by atoms with Crippen LogP contribution in [0, 0.1) is 11.3 Å². The molecule has 1 aliphatic rings. The van der Waals surface area contributed by atoms with E-state index in [4.69, 9.17) is 9.47 Å². The summed E-state index contributed by atoms with van der Waals surface area (Å²) in [6.45, 7) is 1.46. The van der Waals surface area contributed by atoms with Crippen molar-refractivity contribution in [1.29, 1.82) is 5.26 Å². The Labute approximate surface area is 187 Å². The minimum absolute atomic E-state index is 0.0341. The highest BCUT2D eigenvalue weighted by atomic mass is 19.4. The van der Waals surface area contributed by atoms with E-state index < -0.39 is 17.4 Å². The fourth-order valence-electron chi connectivity index (χ4n) is 3.52. The number of alkyl halides is 3. The Morgan fingerprint density at radius 2 is 1.97 bits per heavy atom. The normalized spacial score (nSPS) is 13.2. The number of nitriles is 1. The van der Waals surface area contributed by atoms with Crippen LogP contribution in [0.3, 0.4) is 0 Å². The van der Waals surface area contributed by atoms with Crippen molar-refractivity contribution < 1.29 is 22.6 Å². The Morgan fingerprint density at radius 3 is 2.73 bits per heavy atom. The number of hydrogen-bond donors (Lipinski definition) is 0. The van der Waals surface area contributed by atoms with Crippen LogP contribution in [-0.4, -0.2) is 23.1 Å². The lowest BCUT2D eigenvalue weighted by molar-refractivity contribution is -0.137. The molecule has 0 unspecified atom stereocenters. The van der Waals surface area contributed by atoms with Crippen LogP contribution in [0.1, 0.15) is 23.1 Å². The molecule has 0 aliphatic carbocycles. The van der Waals surface area contributed by atoms with Gasteiger partial charge in [0.1, 0.15) is 30.0 Å². The molecule has 0 N–H and O–H groups in total. The van der Waals surface area contributed by atoms with Crippen molar-refractivity contribution in [1.82, 2.24) is 9.55 Å². The Bertz CT molecular complexity index is 1280. The maximum absolute atomic E-state index is 12.9. The lowest BCUT2D eigenvalue weighted by atomic mass is 10.1. The first kappa shape index (κ1) is 22.2. The van der Waals surface area contributed by atoms with Gasteiger partial charge in [-0.15, -0.1) is 0 Å². The average Bonchev–Trinajstić information content (AvgIpc) is 2.79. The summed E-state index contributed by atoms with van der Waals surface area (Å²) in [4.78, 5) is 18.2. The van der Waals surface area contributed by atoms with Gasteiger partial charge in [0.05, 0.1) is 11.1 Å². The third-order valence-electron chi connectivity index (χ3n) is 5.17. The molecule has 1 aromatic heterocycles. The van der Waals surface area contributed by atoms with Crippen molar-refractivity contribution in [3.63, 3.8) is 0 Å². The molecule has 0 saturated heterocycles. The van der Waals surface area contributed by atoms with Crippen LogP contribution in [0.2, 0.25) is 0 Å². The van der Waals surface area contributed by atoms with E-state index in [0.717, 1.165) is 30.9 Å². The third-order valence-corrected chi connectivity index (χ3v) is 5.17. The molecule has 3 aromatic rings. The molecule has 0 saturated carbocycles. The minimum Gasteiger partial charge on any atom is -0.473 e. The molecule has 7 nitrogen and oxygen atoms in total. The second kappa shape index (κ2) is 8.86. The Balaban J connectivity index is 1.50. The van der Waals surface area contributed by atoms with E-state index in [1.165, 1.54) is 24.3 Å². The molecule has 0 amide bonds. The van der Waals surface area contributed by atoms with Gasteiger partial charge in [-0.25, -0.2) is 4.79 Å². The van der Waals surface area contributed by atoms with Crippen LogP contribution in [0.4, 0.5) is 19.0 Å². The lowest BCUT2D eigenvalue weighted by Gasteiger charge is -2.28. The molecule has 33 heavy (non-hydrogen) atoms. The maximum Gasteiger partial charge on any atom is 0.416 e. The van der Waals surface area contributed by atoms with Crippen molar-refractivity contribution in [2.24, 2.45) is 0 Å². The standard InChI is InChI=1S/C23H19F3N4O3/c1-29-8-3-9-30-21(29)12-20(28-22(30)31)32-14-15-6-7-19(16(10-15)13-27)33-18-5-2-4-17(11-18)23(24,25)26/h2,4-7,10-12H,3,8-9,14H2,1H3. The first-order valence-corrected chi connectivity index (χ1v) is 10.1. The first-order valence-electron chi connectivity index (χ1n) is 10.1. The molecular weight excluding hydrogens is 437 g/mol. The largest absolute Gasteiger partial charge is 0.473 e. The Hall–Kier alpha value is -4.00. The number of fused-ring (bicyclic) bond motifs is 1. The van der Waals surface area contributed by atoms with E-state index in [0.29, 0.717) is 12.1 Å². The number of nitrogens with zero attached hydrogens (tertiary/aromatic N) is 4. The van der Waals surface area contributed by atoms with Crippen LogP contribution in [-0.2, 0) is 19.3 Å². The van der Waals surface area contributed by atoms with Crippen LogP contribution in [0.5, 0.6) is 17.4 Å². The molecule has 2 aromatic carbocycles. The lowest BCUT2D eigenvalue weighted by Crippen LogP contribution is -2.36. The van der Waals surface area contributed by atoms with Gasteiger partial charge in [0, 0.05) is 26.2 Å². The molecule has 0 radical (unpaired) electrons. The summed E-state index contributed by atoms with van der Waals surface area (Å²) < 4.78 is 51.5. The molecule has 2 heterocycles. The smallest absolute Gasteiger partial charge is 0.416 e. The number of halogens is 3. The van der Waals surface area contributed by atoms with Crippen molar-refractivity contribution >= 4 is 5.82 Å². The molecule has 0 spiro atoms.